The van der Waals surface area contributed by atoms with Gasteiger partial charge >= 0.3 is 11.9 Å². The number of hydrogen-bond acceptors (Lipinski definition) is 5. The molecule has 0 heterocycles. The first kappa shape index (κ1) is 23.6. The molecule has 0 fully saturated rings. The predicted octanol–water partition coefficient (Wildman–Crippen LogP) is 3.56. The molecule has 0 saturated carbocycles. The summed E-state index contributed by atoms with van der Waals surface area (Å²) in [6, 6.07) is 18.1. The van der Waals surface area contributed by atoms with Gasteiger partial charge in [-0.1, -0.05) is 74.5 Å². The average Bonchev–Trinajstić information content (AvgIpc) is 2.75. The number of nitrogens with one attached hydrogen (secondary N) is 1. The van der Waals surface area contributed by atoms with Gasteiger partial charge in [0, 0.05) is 12.6 Å². The van der Waals surface area contributed by atoms with E-state index in [0.29, 0.717) is 13.0 Å². The van der Waals surface area contributed by atoms with Crippen LogP contribution in [0.1, 0.15) is 44.4 Å². The number of carboxylic acid groups (broad SMARTS) is 1. The predicted molar refractivity (Wildman–Crippen MR) is 115 cm³/mol. The Morgan fingerprint density at radius 2 is 1.57 bits per heavy atom. The van der Waals surface area contributed by atoms with Gasteiger partial charge < -0.3 is 20.3 Å². The minimum Gasteiger partial charge on any atom is -0.481 e. The minimum absolute atomic E-state index is 0.371. The second-order valence-electron chi connectivity index (χ2n) is 7.53. The van der Waals surface area contributed by atoms with E-state index in [1.807, 2.05) is 67.6 Å². The van der Waals surface area contributed by atoms with Crippen molar-refractivity contribution in [1.29, 1.82) is 0 Å². The van der Waals surface area contributed by atoms with Gasteiger partial charge in [-0.05, 0) is 24.5 Å². The van der Waals surface area contributed by atoms with E-state index in [1.54, 1.807) is 0 Å². The van der Waals surface area contributed by atoms with Crippen LogP contribution in [-0.4, -0.2) is 34.3 Å². The summed E-state index contributed by atoms with van der Waals surface area (Å²) in [7, 11) is 0. The summed E-state index contributed by atoms with van der Waals surface area (Å²) < 4.78 is 5.74. The summed E-state index contributed by atoms with van der Waals surface area (Å²) in [5.41, 5.74) is 1.81. The quantitative estimate of drug-likeness (QED) is 0.488. The van der Waals surface area contributed by atoms with E-state index in [4.69, 9.17) is 4.74 Å². The lowest BCUT2D eigenvalue weighted by Gasteiger charge is -2.32. The fraction of sp³-hybridized carbons (Fsp3) is 0.417. The van der Waals surface area contributed by atoms with Gasteiger partial charge in [0.2, 0.25) is 0 Å². The van der Waals surface area contributed by atoms with Crippen molar-refractivity contribution in [3.05, 3.63) is 71.8 Å². The van der Waals surface area contributed by atoms with Crippen molar-refractivity contribution in [1.82, 2.24) is 5.32 Å². The number of hydrogen-bond donors (Lipinski definition) is 3. The topological polar surface area (TPSA) is 95.9 Å². The number of carbonyl (C=O) groups excluding carboxylic acids is 1. The number of aliphatic hydroxyl groups is 1. The molecule has 2 aromatic rings. The standard InChI is InChI=1S/C24H31NO5/c1-4-20(19-13-9-6-10-14-19)30-24(29)21(17(3)26)22(16(2)23(27)28)25-15-18-11-7-5-8-12-18/h5-14,16-17,20-22,25-26H,4,15H2,1-3H3,(H,27,28). The highest BCUT2D eigenvalue weighted by molar-refractivity contribution is 5.77. The number of esters is 1. The zero-order chi connectivity index (χ0) is 22.1. The van der Waals surface area contributed by atoms with Crippen molar-refractivity contribution in [3.8, 4) is 0 Å². The van der Waals surface area contributed by atoms with Crippen molar-refractivity contribution >= 4 is 11.9 Å². The highest BCUT2D eigenvalue weighted by Crippen LogP contribution is 2.26. The summed E-state index contributed by atoms with van der Waals surface area (Å²) in [5.74, 6) is -3.59. The maximum Gasteiger partial charge on any atom is 0.313 e. The second-order valence-corrected chi connectivity index (χ2v) is 7.53. The van der Waals surface area contributed by atoms with Crippen LogP contribution >= 0.6 is 0 Å². The lowest BCUT2D eigenvalue weighted by Crippen LogP contribution is -2.51. The van der Waals surface area contributed by atoms with E-state index in [9.17, 15) is 19.8 Å². The molecule has 2 rings (SSSR count). The Bertz CT molecular complexity index is 794. The minimum atomic E-state index is -1.08. The Hall–Kier alpha value is -2.70. The van der Waals surface area contributed by atoms with E-state index >= 15 is 0 Å². The van der Waals surface area contributed by atoms with Crippen molar-refractivity contribution in [2.75, 3.05) is 0 Å². The molecule has 0 aliphatic carbocycles. The average molecular weight is 414 g/mol. The number of rotatable bonds is 11. The van der Waals surface area contributed by atoms with Crippen molar-refractivity contribution in [2.45, 2.75) is 52.0 Å². The molecule has 0 aliphatic heterocycles. The van der Waals surface area contributed by atoms with Crippen LogP contribution in [0, 0.1) is 11.8 Å². The van der Waals surface area contributed by atoms with E-state index in [0.717, 1.165) is 11.1 Å². The van der Waals surface area contributed by atoms with Crippen LogP contribution in [0.4, 0.5) is 0 Å². The van der Waals surface area contributed by atoms with Crippen LogP contribution in [-0.2, 0) is 20.9 Å². The van der Waals surface area contributed by atoms with Crippen molar-refractivity contribution < 1.29 is 24.5 Å². The molecule has 0 saturated heterocycles. The molecule has 0 aliphatic rings. The molecule has 0 aromatic heterocycles. The summed E-state index contributed by atoms with van der Waals surface area (Å²) >= 11 is 0. The molecule has 5 atom stereocenters. The zero-order valence-corrected chi connectivity index (χ0v) is 17.7. The van der Waals surface area contributed by atoms with Crippen LogP contribution in [0.15, 0.2) is 60.7 Å². The van der Waals surface area contributed by atoms with Crippen LogP contribution in [0.25, 0.3) is 0 Å². The van der Waals surface area contributed by atoms with Gasteiger partial charge in [-0.25, -0.2) is 0 Å². The molecule has 162 valence electrons. The lowest BCUT2D eigenvalue weighted by atomic mass is 9.85. The molecule has 3 N–H and O–H groups in total. The number of carbonyl (C=O) groups is 2. The van der Waals surface area contributed by atoms with E-state index < -0.39 is 42.0 Å². The van der Waals surface area contributed by atoms with Crippen LogP contribution in [0.5, 0.6) is 0 Å². The second kappa shape index (κ2) is 11.5. The van der Waals surface area contributed by atoms with Crippen molar-refractivity contribution in [3.63, 3.8) is 0 Å². The third kappa shape index (κ3) is 6.40. The van der Waals surface area contributed by atoms with Gasteiger partial charge in [-0.15, -0.1) is 0 Å². The normalized spacial score (nSPS) is 16.1. The van der Waals surface area contributed by atoms with Crippen LogP contribution < -0.4 is 5.32 Å². The van der Waals surface area contributed by atoms with Gasteiger partial charge in [0.25, 0.3) is 0 Å². The Kier molecular flexibility index (Phi) is 9.02. The Morgan fingerprint density at radius 3 is 2.07 bits per heavy atom. The largest absolute Gasteiger partial charge is 0.481 e. The third-order valence-corrected chi connectivity index (χ3v) is 5.29. The van der Waals surface area contributed by atoms with Gasteiger partial charge in [0.1, 0.15) is 6.10 Å². The Morgan fingerprint density at radius 1 is 1.00 bits per heavy atom. The number of aliphatic hydroxyl groups excluding tert-OH is 1. The molecule has 0 bridgehead atoms. The summed E-state index contributed by atoms with van der Waals surface area (Å²) in [5, 5.41) is 23.2. The summed E-state index contributed by atoms with van der Waals surface area (Å²) in [6.45, 7) is 5.30. The maximum atomic E-state index is 13.1. The van der Waals surface area contributed by atoms with Crippen molar-refractivity contribution in [2.24, 2.45) is 11.8 Å². The first-order valence-electron chi connectivity index (χ1n) is 10.3. The van der Waals surface area contributed by atoms with E-state index in [2.05, 4.69) is 5.32 Å². The number of carboxylic acids is 1. The Balaban J connectivity index is 2.23. The van der Waals surface area contributed by atoms with Gasteiger partial charge in [-0.3, -0.25) is 9.59 Å². The van der Waals surface area contributed by atoms with Gasteiger partial charge in [-0.2, -0.15) is 0 Å². The molecule has 2 aromatic carbocycles. The van der Waals surface area contributed by atoms with Crippen LogP contribution in [0.2, 0.25) is 0 Å². The van der Waals surface area contributed by atoms with Crippen LogP contribution in [0.3, 0.4) is 0 Å². The zero-order valence-electron chi connectivity index (χ0n) is 17.7. The number of benzene rings is 2. The number of aliphatic carboxylic acids is 1. The molecular weight excluding hydrogens is 382 g/mol. The van der Waals surface area contributed by atoms with E-state index in [-0.39, 0.29) is 0 Å². The first-order chi connectivity index (χ1) is 14.3. The molecule has 6 heteroatoms. The third-order valence-electron chi connectivity index (χ3n) is 5.29. The fourth-order valence-electron chi connectivity index (χ4n) is 3.52. The highest BCUT2D eigenvalue weighted by Gasteiger charge is 2.40. The maximum absolute atomic E-state index is 13.1. The lowest BCUT2D eigenvalue weighted by molar-refractivity contribution is -0.162. The summed E-state index contributed by atoms with van der Waals surface area (Å²) in [6.07, 6.45) is -0.977. The molecule has 30 heavy (non-hydrogen) atoms. The Labute approximate surface area is 177 Å². The van der Waals surface area contributed by atoms with E-state index in [1.165, 1.54) is 13.8 Å². The molecule has 5 unspecified atom stereocenters. The van der Waals surface area contributed by atoms with Gasteiger partial charge in [0.15, 0.2) is 0 Å². The highest BCUT2D eigenvalue weighted by atomic mass is 16.5. The molecule has 0 spiro atoms. The summed E-state index contributed by atoms with van der Waals surface area (Å²) in [4.78, 5) is 24.8. The number of ether oxygens (including phenoxy) is 1. The molecule has 6 nitrogen and oxygen atoms in total. The van der Waals surface area contributed by atoms with Gasteiger partial charge in [0.05, 0.1) is 17.9 Å². The molecule has 0 amide bonds. The SMILES string of the molecule is CCC(OC(=O)C(C(C)O)C(NCc1ccccc1)C(C)C(=O)O)c1ccccc1. The monoisotopic (exact) mass is 413 g/mol. The fourth-order valence-corrected chi connectivity index (χ4v) is 3.52. The molecular formula is C24H31NO5. The smallest absolute Gasteiger partial charge is 0.313 e. The first-order valence-corrected chi connectivity index (χ1v) is 10.3. The molecule has 0 radical (unpaired) electrons.